The number of carbonyl (C=O) groups is 1. The standard InChI is InChI=1S/C16H11F6NO2/c1-23-14(24)9-2-7-13(12(17)8-9)25-11-5-3-10(4-6-11)15(18,19)16(20,21)22/h2-8H,1H3,(H,23,24). The molecule has 2 aromatic rings. The maximum absolute atomic E-state index is 13.9. The fourth-order valence-electron chi connectivity index (χ4n) is 1.89. The number of hydrogen-bond donors (Lipinski definition) is 1. The highest BCUT2D eigenvalue weighted by atomic mass is 19.4. The van der Waals surface area contributed by atoms with Crippen molar-refractivity contribution in [2.45, 2.75) is 12.1 Å². The van der Waals surface area contributed by atoms with Gasteiger partial charge < -0.3 is 10.1 Å². The molecular formula is C16H11F6NO2. The zero-order valence-corrected chi connectivity index (χ0v) is 12.6. The summed E-state index contributed by atoms with van der Waals surface area (Å²) in [6, 6.07) is 6.11. The fraction of sp³-hybridized carbons (Fsp3) is 0.188. The van der Waals surface area contributed by atoms with Crippen molar-refractivity contribution in [2.75, 3.05) is 7.05 Å². The largest absolute Gasteiger partial charge is 0.458 e. The van der Waals surface area contributed by atoms with Crippen LogP contribution in [0.25, 0.3) is 0 Å². The quantitative estimate of drug-likeness (QED) is 0.805. The summed E-state index contributed by atoms with van der Waals surface area (Å²) in [5.41, 5.74) is -1.23. The molecule has 0 fully saturated rings. The molecule has 0 aromatic heterocycles. The van der Waals surface area contributed by atoms with Gasteiger partial charge in [0.05, 0.1) is 0 Å². The van der Waals surface area contributed by atoms with Gasteiger partial charge in [-0.1, -0.05) is 0 Å². The Balaban J connectivity index is 2.21. The second-order valence-corrected chi connectivity index (χ2v) is 4.92. The van der Waals surface area contributed by atoms with E-state index in [1.165, 1.54) is 13.1 Å². The molecule has 0 aliphatic heterocycles. The highest BCUT2D eigenvalue weighted by Gasteiger charge is 2.58. The van der Waals surface area contributed by atoms with Crippen LogP contribution in [0.3, 0.4) is 0 Å². The summed E-state index contributed by atoms with van der Waals surface area (Å²) in [7, 11) is 1.36. The number of alkyl halides is 5. The molecule has 0 heterocycles. The Morgan fingerprint density at radius 1 is 1.00 bits per heavy atom. The number of hydrogen-bond acceptors (Lipinski definition) is 2. The minimum atomic E-state index is -5.73. The van der Waals surface area contributed by atoms with Crippen molar-refractivity contribution in [1.29, 1.82) is 0 Å². The average Bonchev–Trinajstić information content (AvgIpc) is 2.55. The Morgan fingerprint density at radius 2 is 1.60 bits per heavy atom. The molecule has 2 aromatic carbocycles. The number of rotatable bonds is 4. The molecule has 0 radical (unpaired) electrons. The molecule has 9 heteroatoms. The lowest BCUT2D eigenvalue weighted by molar-refractivity contribution is -0.289. The number of nitrogens with one attached hydrogen (secondary N) is 1. The predicted molar refractivity (Wildman–Crippen MR) is 76.3 cm³/mol. The molecule has 1 amide bonds. The van der Waals surface area contributed by atoms with Crippen molar-refractivity contribution in [3.63, 3.8) is 0 Å². The molecule has 0 bridgehead atoms. The van der Waals surface area contributed by atoms with E-state index in [1.807, 2.05) is 0 Å². The Kier molecular flexibility index (Phi) is 4.96. The molecule has 0 saturated heterocycles. The van der Waals surface area contributed by atoms with Crippen LogP contribution in [0.15, 0.2) is 42.5 Å². The number of amides is 1. The van der Waals surface area contributed by atoms with E-state index < -0.39 is 29.4 Å². The van der Waals surface area contributed by atoms with Crippen LogP contribution < -0.4 is 10.1 Å². The van der Waals surface area contributed by atoms with Crippen LogP contribution in [0.4, 0.5) is 26.3 Å². The Bertz CT molecular complexity index is 771. The number of halogens is 6. The predicted octanol–water partition coefficient (Wildman–Crippen LogP) is 4.63. The maximum atomic E-state index is 13.9. The Labute approximate surface area is 138 Å². The van der Waals surface area contributed by atoms with Crippen LogP contribution in [-0.4, -0.2) is 19.1 Å². The van der Waals surface area contributed by atoms with Crippen molar-refractivity contribution in [2.24, 2.45) is 0 Å². The van der Waals surface area contributed by atoms with Gasteiger partial charge in [0, 0.05) is 18.2 Å². The highest BCUT2D eigenvalue weighted by Crippen LogP contribution is 2.44. The smallest absolute Gasteiger partial charge is 0.454 e. The maximum Gasteiger partial charge on any atom is 0.458 e. The molecule has 0 aliphatic rings. The second-order valence-electron chi connectivity index (χ2n) is 4.92. The van der Waals surface area contributed by atoms with E-state index in [2.05, 4.69) is 5.32 Å². The zero-order chi connectivity index (χ0) is 18.8. The van der Waals surface area contributed by atoms with Crippen LogP contribution >= 0.6 is 0 Å². The van der Waals surface area contributed by atoms with Gasteiger partial charge in [-0.15, -0.1) is 0 Å². The topological polar surface area (TPSA) is 38.3 Å². The lowest BCUT2D eigenvalue weighted by Crippen LogP contribution is -2.33. The SMILES string of the molecule is CNC(=O)c1ccc(Oc2ccc(C(F)(F)C(F)(F)F)cc2)c(F)c1. The van der Waals surface area contributed by atoms with Crippen LogP contribution in [0.5, 0.6) is 11.5 Å². The lowest BCUT2D eigenvalue weighted by Gasteiger charge is -2.20. The van der Waals surface area contributed by atoms with Crippen molar-refractivity contribution >= 4 is 5.91 Å². The minimum absolute atomic E-state index is 0.0347. The molecular weight excluding hydrogens is 352 g/mol. The molecule has 2 rings (SSSR count). The van der Waals surface area contributed by atoms with Crippen molar-refractivity contribution in [3.8, 4) is 11.5 Å². The van der Waals surface area contributed by atoms with Gasteiger partial charge in [0.1, 0.15) is 5.75 Å². The van der Waals surface area contributed by atoms with Crippen LogP contribution in [-0.2, 0) is 5.92 Å². The van der Waals surface area contributed by atoms with Crippen LogP contribution in [0.2, 0.25) is 0 Å². The minimum Gasteiger partial charge on any atom is -0.454 e. The van der Waals surface area contributed by atoms with Crippen molar-refractivity contribution in [1.82, 2.24) is 5.32 Å². The summed E-state index contributed by atoms with van der Waals surface area (Å²) in [4.78, 5) is 11.4. The third-order valence-electron chi connectivity index (χ3n) is 3.22. The summed E-state index contributed by atoms with van der Waals surface area (Å²) in [5, 5.41) is 2.30. The van der Waals surface area contributed by atoms with E-state index in [0.29, 0.717) is 12.1 Å². The molecule has 0 aliphatic carbocycles. The van der Waals surface area contributed by atoms with Gasteiger partial charge in [0.15, 0.2) is 11.6 Å². The monoisotopic (exact) mass is 363 g/mol. The van der Waals surface area contributed by atoms with E-state index in [1.54, 1.807) is 0 Å². The first-order valence-corrected chi connectivity index (χ1v) is 6.81. The summed E-state index contributed by atoms with van der Waals surface area (Å²) in [5.74, 6) is -6.89. The first-order chi connectivity index (χ1) is 11.6. The number of carbonyl (C=O) groups excluding carboxylic acids is 1. The third kappa shape index (κ3) is 3.86. The fourth-order valence-corrected chi connectivity index (χ4v) is 1.89. The van der Waals surface area contributed by atoms with Gasteiger partial charge in [-0.3, -0.25) is 4.79 Å². The van der Waals surface area contributed by atoms with Crippen molar-refractivity contribution in [3.05, 3.63) is 59.4 Å². The molecule has 0 saturated carbocycles. The zero-order valence-electron chi connectivity index (χ0n) is 12.6. The van der Waals surface area contributed by atoms with Crippen LogP contribution in [0, 0.1) is 5.82 Å². The van der Waals surface area contributed by atoms with Crippen LogP contribution in [0.1, 0.15) is 15.9 Å². The van der Waals surface area contributed by atoms with E-state index >= 15 is 0 Å². The molecule has 3 nitrogen and oxygen atoms in total. The highest BCUT2D eigenvalue weighted by molar-refractivity contribution is 5.94. The van der Waals surface area contributed by atoms with Gasteiger partial charge in [0.2, 0.25) is 0 Å². The lowest BCUT2D eigenvalue weighted by atomic mass is 10.1. The molecule has 0 unspecified atom stereocenters. The van der Waals surface area contributed by atoms with E-state index in [0.717, 1.165) is 24.3 Å². The van der Waals surface area contributed by atoms with Crippen molar-refractivity contribution < 1.29 is 35.9 Å². The summed E-state index contributed by atoms with van der Waals surface area (Å²) in [6.07, 6.45) is -5.73. The number of benzene rings is 2. The van der Waals surface area contributed by atoms with Gasteiger partial charge in [0.25, 0.3) is 5.91 Å². The van der Waals surface area contributed by atoms with Gasteiger partial charge in [-0.25, -0.2) is 4.39 Å². The molecule has 1 N–H and O–H groups in total. The summed E-state index contributed by atoms with van der Waals surface area (Å²) in [6.45, 7) is 0. The summed E-state index contributed by atoms with van der Waals surface area (Å²) >= 11 is 0. The van der Waals surface area contributed by atoms with Gasteiger partial charge in [-0.2, -0.15) is 22.0 Å². The van der Waals surface area contributed by atoms with E-state index in [4.69, 9.17) is 4.74 Å². The molecule has 0 spiro atoms. The molecule has 25 heavy (non-hydrogen) atoms. The molecule has 0 atom stereocenters. The van der Waals surface area contributed by atoms with Gasteiger partial charge in [-0.05, 0) is 42.5 Å². The van der Waals surface area contributed by atoms with E-state index in [9.17, 15) is 31.1 Å². The third-order valence-corrected chi connectivity index (χ3v) is 3.22. The summed E-state index contributed by atoms with van der Waals surface area (Å²) < 4.78 is 82.2. The first kappa shape index (κ1) is 18.6. The second kappa shape index (κ2) is 6.66. The average molecular weight is 363 g/mol. The van der Waals surface area contributed by atoms with Gasteiger partial charge >= 0.3 is 12.1 Å². The van der Waals surface area contributed by atoms with E-state index in [-0.39, 0.29) is 17.1 Å². The first-order valence-electron chi connectivity index (χ1n) is 6.81. The number of ether oxygens (including phenoxy) is 1. The Morgan fingerprint density at radius 3 is 2.08 bits per heavy atom. The molecule has 134 valence electrons. The normalized spacial score (nSPS) is 12.0. The Hall–Kier alpha value is -2.71.